The normalized spacial score (nSPS) is 15.3. The predicted molar refractivity (Wildman–Crippen MR) is 389 cm³/mol. The Labute approximate surface area is 552 Å². The van der Waals surface area contributed by atoms with Crippen molar-refractivity contribution in [1.82, 2.24) is 0 Å². The first-order chi connectivity index (χ1) is 45.1. The first-order valence-corrected chi connectivity index (χ1v) is 33.1. The van der Waals surface area contributed by atoms with Crippen LogP contribution in [0, 0.1) is 41.5 Å². The van der Waals surface area contributed by atoms with E-state index in [0.717, 1.165) is 123 Å². The van der Waals surface area contributed by atoms with Crippen LogP contribution in [0.25, 0.3) is 32.7 Å². The maximum Gasteiger partial charge on any atom is 0.197 e. The predicted octanol–water partition coefficient (Wildman–Crippen LogP) is 22.3. The van der Waals surface area contributed by atoms with Gasteiger partial charge in [-0.1, -0.05) is 182 Å². The van der Waals surface area contributed by atoms with Crippen molar-refractivity contribution >= 4 is 90.2 Å². The number of rotatable bonds is 11. The average Bonchev–Trinajstić information content (AvgIpc) is 1.57. The molecule has 4 aliphatic rings. The SMILES string of the molecule is Cc1cc(C)c(N2C(=C/C=C3/C(=O)c4cc5ccc(-c6ccc7c(c6)N(c6c(C(C)C)cccc6C(C)C)/C(=C\C=C6C(=O)c8cc9ccccc9cc8C6=O)N7c6c(C(C)C)cccc6C(C)C)cc5cc4C3=O)N(c3c(C)cc(C)cc3C)c3ccccc32)c(C)c1. The van der Waals surface area contributed by atoms with Gasteiger partial charge in [-0.15, -0.1) is 0 Å². The van der Waals surface area contributed by atoms with Crippen molar-refractivity contribution in [3.63, 3.8) is 0 Å². The maximum absolute atomic E-state index is 15.1. The fourth-order valence-corrected chi connectivity index (χ4v) is 15.3. The summed E-state index contributed by atoms with van der Waals surface area (Å²) in [6.07, 6.45) is 7.48. The fraction of sp³-hybridized carbons (Fsp3) is 0.209. The molecule has 10 aromatic carbocycles. The summed E-state index contributed by atoms with van der Waals surface area (Å²) in [6.45, 7) is 30.7. The van der Waals surface area contributed by atoms with Crippen molar-refractivity contribution in [2.24, 2.45) is 0 Å². The molecular weight excluding hydrogens is 1150 g/mol. The molecule has 0 fully saturated rings. The van der Waals surface area contributed by atoms with Crippen molar-refractivity contribution < 1.29 is 19.2 Å². The van der Waals surface area contributed by atoms with Gasteiger partial charge in [0.2, 0.25) is 0 Å². The minimum absolute atomic E-state index is 0.119. The van der Waals surface area contributed by atoms with Gasteiger partial charge in [-0.25, -0.2) is 0 Å². The Morgan fingerprint density at radius 2 is 0.606 bits per heavy atom. The van der Waals surface area contributed by atoms with Gasteiger partial charge in [0, 0.05) is 22.3 Å². The van der Waals surface area contributed by atoms with Crippen LogP contribution in [0.1, 0.15) is 176 Å². The molecular formula is C86H78N4O4. The van der Waals surface area contributed by atoms with Crippen LogP contribution in [0.15, 0.2) is 217 Å². The number of carbonyl (C=O) groups excluding carboxylic acids is 4. The lowest BCUT2D eigenvalue weighted by molar-refractivity contribution is 0.0973. The molecule has 0 spiro atoms. The van der Waals surface area contributed by atoms with Crippen molar-refractivity contribution in [2.75, 3.05) is 19.6 Å². The number of benzene rings is 10. The van der Waals surface area contributed by atoms with Gasteiger partial charge in [-0.3, -0.25) is 38.8 Å². The smallest absolute Gasteiger partial charge is 0.197 e. The molecule has 0 unspecified atom stereocenters. The number of allylic oxidation sites excluding steroid dienone is 6. The van der Waals surface area contributed by atoms with Crippen LogP contribution in [0.4, 0.5) is 45.5 Å². The monoisotopic (exact) mass is 1230 g/mol. The van der Waals surface area contributed by atoms with Crippen LogP contribution in [-0.2, 0) is 0 Å². The van der Waals surface area contributed by atoms with Gasteiger partial charge in [0.1, 0.15) is 11.6 Å². The van der Waals surface area contributed by atoms with Gasteiger partial charge in [-0.2, -0.15) is 0 Å². The second-order valence-electron chi connectivity index (χ2n) is 27.4. The fourth-order valence-electron chi connectivity index (χ4n) is 15.3. The Kier molecular flexibility index (Phi) is 15.1. The summed E-state index contributed by atoms with van der Waals surface area (Å²) in [7, 11) is 0. The van der Waals surface area contributed by atoms with Crippen LogP contribution in [0.3, 0.4) is 0 Å². The van der Waals surface area contributed by atoms with Crippen LogP contribution in [0.2, 0.25) is 0 Å². The summed E-state index contributed by atoms with van der Waals surface area (Å²) in [5.74, 6) is 0.960. The number of hydrogen-bond donors (Lipinski definition) is 0. The Morgan fingerprint density at radius 3 is 1.00 bits per heavy atom. The second kappa shape index (κ2) is 23.3. The zero-order chi connectivity index (χ0) is 66.0. The number of hydrogen-bond acceptors (Lipinski definition) is 8. The van der Waals surface area contributed by atoms with Gasteiger partial charge < -0.3 is 0 Å². The van der Waals surface area contributed by atoms with Crippen molar-refractivity contribution in [3.8, 4) is 11.1 Å². The summed E-state index contributed by atoms with van der Waals surface area (Å²) in [5, 5.41) is 3.50. The number of anilines is 8. The van der Waals surface area contributed by atoms with E-state index in [1.165, 1.54) is 22.3 Å². The quantitative estimate of drug-likeness (QED) is 0.0936. The molecule has 0 bridgehead atoms. The third kappa shape index (κ3) is 9.87. The molecule has 2 heterocycles. The zero-order valence-electron chi connectivity index (χ0n) is 56.2. The third-order valence-electron chi connectivity index (χ3n) is 19.5. The first kappa shape index (κ1) is 61.1. The van der Waals surface area contributed by atoms with Crippen LogP contribution >= 0.6 is 0 Å². The van der Waals surface area contributed by atoms with Crippen molar-refractivity contribution in [1.29, 1.82) is 0 Å². The van der Waals surface area contributed by atoms with E-state index >= 15 is 4.79 Å². The standard InChI is InChI=1S/C86H78N4O4/c1-47(2)63-23-19-24-64(48(3)4)81(63)89-75-34-31-61(46-76(75)90(82-65(49(5)6)25-20-26-66(82)50(7)8)78(89)36-33-67-83(91)69-42-57-21-15-16-22-58(57)43-70(69)84(67)92)59-29-30-60-44-71-72(45-62(60)41-59)86(94)68(85(71)93)32-35-77-87(79-53(11)37-51(9)38-54(79)12)73-27-17-18-28-74(73)88(77)80-55(13)39-52(10)40-56(80)14/h15-50H,1-14H3/b68-32-,78-36-. The lowest BCUT2D eigenvalue weighted by Gasteiger charge is -2.33. The highest BCUT2D eigenvalue weighted by Crippen LogP contribution is 2.57. The molecule has 8 heteroatoms. The molecule has 2 aliphatic carbocycles. The number of para-hydroxylation sites is 4. The highest BCUT2D eigenvalue weighted by Gasteiger charge is 2.42. The van der Waals surface area contributed by atoms with Crippen LogP contribution in [0.5, 0.6) is 0 Å². The lowest BCUT2D eigenvalue weighted by Crippen LogP contribution is -2.25. The Balaban J connectivity index is 0.919. The number of nitrogens with zero attached hydrogens (tertiary/aromatic N) is 4. The van der Waals surface area contributed by atoms with Gasteiger partial charge in [-0.05, 0) is 221 Å². The number of aryl methyl sites for hydroxylation is 6. The zero-order valence-corrected chi connectivity index (χ0v) is 56.2. The lowest BCUT2D eigenvalue weighted by atomic mass is 9.91. The largest absolute Gasteiger partial charge is 0.293 e. The van der Waals surface area contributed by atoms with Crippen molar-refractivity contribution in [2.45, 2.75) is 121 Å². The molecule has 2 aliphatic heterocycles. The number of carbonyl (C=O) groups is 4. The number of ketones is 4. The molecule has 0 radical (unpaired) electrons. The number of Topliss-reactive ketones (excluding diaryl/α,β-unsaturated/α-hetero) is 4. The Hall–Kier alpha value is -10.4. The Morgan fingerprint density at radius 1 is 0.287 bits per heavy atom. The molecule has 0 saturated heterocycles. The topological polar surface area (TPSA) is 81.2 Å². The van der Waals surface area contributed by atoms with E-state index in [1.54, 1.807) is 12.2 Å². The van der Waals surface area contributed by atoms with Gasteiger partial charge >= 0.3 is 0 Å². The summed E-state index contributed by atoms with van der Waals surface area (Å²) < 4.78 is 0. The summed E-state index contributed by atoms with van der Waals surface area (Å²) in [6, 6.07) is 58.8. The number of fused-ring (bicyclic) bond motifs is 6. The molecule has 0 aromatic heterocycles. The molecule has 94 heavy (non-hydrogen) atoms. The molecule has 466 valence electrons. The van der Waals surface area contributed by atoms with Gasteiger partial charge in [0.15, 0.2) is 23.1 Å². The summed E-state index contributed by atoms with van der Waals surface area (Å²) in [4.78, 5) is 68.5. The maximum atomic E-state index is 15.1. The molecule has 0 N–H and O–H groups in total. The van der Waals surface area contributed by atoms with Crippen LogP contribution in [-0.4, -0.2) is 23.1 Å². The minimum atomic E-state index is -0.309. The first-order valence-electron chi connectivity index (χ1n) is 33.1. The molecule has 0 saturated carbocycles. The van der Waals surface area contributed by atoms with Crippen molar-refractivity contribution in [3.05, 3.63) is 295 Å². The van der Waals surface area contributed by atoms with E-state index in [0.29, 0.717) is 22.3 Å². The molecule has 0 amide bonds. The van der Waals surface area contributed by atoms with Gasteiger partial charge in [0.05, 0.1) is 56.6 Å². The van der Waals surface area contributed by atoms with E-state index < -0.39 is 0 Å². The van der Waals surface area contributed by atoms with E-state index in [4.69, 9.17) is 0 Å². The summed E-state index contributed by atoms with van der Waals surface area (Å²) in [5.41, 5.74) is 23.4. The van der Waals surface area contributed by atoms with E-state index in [1.807, 2.05) is 60.7 Å². The van der Waals surface area contributed by atoms with E-state index in [2.05, 4.69) is 238 Å². The molecule has 8 nitrogen and oxygen atoms in total. The molecule has 0 atom stereocenters. The average molecular weight is 1230 g/mol. The minimum Gasteiger partial charge on any atom is -0.293 e. The van der Waals surface area contributed by atoms with E-state index in [9.17, 15) is 14.4 Å². The molecule has 14 rings (SSSR count). The highest BCUT2D eigenvalue weighted by atomic mass is 16.2. The third-order valence-corrected chi connectivity index (χ3v) is 19.5. The Bertz CT molecular complexity index is 4860. The van der Waals surface area contributed by atoms with Gasteiger partial charge in [0.25, 0.3) is 0 Å². The second-order valence-corrected chi connectivity index (χ2v) is 27.4. The van der Waals surface area contributed by atoms with Crippen LogP contribution < -0.4 is 19.6 Å². The summed E-state index contributed by atoms with van der Waals surface area (Å²) >= 11 is 0. The van der Waals surface area contributed by atoms with E-state index in [-0.39, 0.29) is 58.0 Å². The molecule has 10 aromatic rings. The highest BCUT2D eigenvalue weighted by molar-refractivity contribution is 6.41.